The van der Waals surface area contributed by atoms with Crippen molar-refractivity contribution in [3.05, 3.63) is 0 Å². The van der Waals surface area contributed by atoms with Gasteiger partial charge in [0.1, 0.15) is 23.5 Å². The Morgan fingerprint density at radius 2 is 2.30 bits per heavy atom. The van der Waals surface area contributed by atoms with E-state index in [4.69, 9.17) is 25.9 Å². The van der Waals surface area contributed by atoms with E-state index in [9.17, 15) is 10.4 Å². The Morgan fingerprint density at radius 3 is 2.75 bits per heavy atom. The van der Waals surface area contributed by atoms with Crippen molar-refractivity contribution >= 4 is 18.0 Å². The van der Waals surface area contributed by atoms with Crippen LogP contribution >= 0.6 is 0 Å². The first-order valence-corrected chi connectivity index (χ1v) is 5.62. The summed E-state index contributed by atoms with van der Waals surface area (Å²) in [6.45, 7) is 0.911. The van der Waals surface area contributed by atoms with Gasteiger partial charge in [0.15, 0.2) is 6.23 Å². The topological polar surface area (TPSA) is 178 Å². The third kappa shape index (κ3) is 2.91. The molecule has 0 aliphatic carbocycles. The maximum absolute atomic E-state index is 9.93. The molecule has 0 aromatic rings. The van der Waals surface area contributed by atoms with Crippen LogP contribution in [0.25, 0.3) is 0 Å². The molecule has 20 heavy (non-hydrogen) atoms. The number of amidine groups is 1. The molecule has 110 valence electrons. The standard InChI is InChI=1S/C10H16N6O4/c1-10(4-12)7(18)5(3-17)20-8(10)15-9(16-19)14-6(13)2-11/h2,5,7-8,11,17-19H,3H2,1H3,(H3,13,14,15,16)/t5-,7-,8-,10-/m1/s1. The summed E-state index contributed by atoms with van der Waals surface area (Å²) in [6, 6.07) is 1.87. The molecule has 1 saturated heterocycles. The van der Waals surface area contributed by atoms with Crippen LogP contribution in [-0.2, 0) is 4.74 Å². The van der Waals surface area contributed by atoms with Crippen LogP contribution in [0.5, 0.6) is 0 Å². The van der Waals surface area contributed by atoms with Gasteiger partial charge in [0.05, 0.1) is 18.9 Å². The Balaban J connectivity index is 3.01. The molecule has 1 aliphatic rings. The minimum Gasteiger partial charge on any atom is -0.394 e. The molecule has 0 spiro atoms. The number of nitrogens with zero attached hydrogens (tertiary/aromatic N) is 2. The van der Waals surface area contributed by atoms with Crippen molar-refractivity contribution in [3.63, 3.8) is 0 Å². The number of aliphatic hydroxyl groups excluding tert-OH is 2. The van der Waals surface area contributed by atoms with Crippen LogP contribution < -0.4 is 10.8 Å². The number of rotatable bonds is 3. The summed E-state index contributed by atoms with van der Waals surface area (Å²) < 4.78 is 5.25. The van der Waals surface area contributed by atoms with Crippen molar-refractivity contribution < 1.29 is 20.2 Å². The van der Waals surface area contributed by atoms with Gasteiger partial charge in [-0.3, -0.25) is 10.6 Å². The molecule has 0 aromatic heterocycles. The molecule has 0 saturated carbocycles. The molecular formula is C10H16N6O4. The van der Waals surface area contributed by atoms with E-state index < -0.39 is 30.5 Å². The van der Waals surface area contributed by atoms with Crippen LogP contribution in [0.3, 0.4) is 0 Å². The smallest absolute Gasteiger partial charge is 0.223 e. The molecule has 0 aromatic carbocycles. The first kappa shape index (κ1) is 16.0. The number of aliphatic hydroxyl groups is 2. The van der Waals surface area contributed by atoms with E-state index in [1.54, 1.807) is 5.48 Å². The molecular weight excluding hydrogens is 268 g/mol. The van der Waals surface area contributed by atoms with Gasteiger partial charge in [-0.15, -0.1) is 0 Å². The van der Waals surface area contributed by atoms with Gasteiger partial charge >= 0.3 is 0 Å². The molecule has 4 atom stereocenters. The maximum Gasteiger partial charge on any atom is 0.223 e. The SMILES string of the molecule is C[C@]1(C#N)[C@H](N=C(NO)NC(=N)C=N)O[C@H](CO)[C@H]1O. The van der Waals surface area contributed by atoms with Crippen molar-refractivity contribution in [2.24, 2.45) is 10.4 Å². The third-order valence-corrected chi connectivity index (χ3v) is 2.95. The highest BCUT2D eigenvalue weighted by Crippen LogP contribution is 2.38. The lowest BCUT2D eigenvalue weighted by Gasteiger charge is -2.22. The maximum atomic E-state index is 9.93. The average Bonchev–Trinajstić information content (AvgIpc) is 2.71. The number of hydrogen-bond acceptors (Lipinski definition) is 8. The molecule has 0 radical (unpaired) electrons. The zero-order valence-corrected chi connectivity index (χ0v) is 10.7. The Morgan fingerprint density at radius 1 is 1.65 bits per heavy atom. The van der Waals surface area contributed by atoms with Gasteiger partial charge in [0, 0.05) is 0 Å². The van der Waals surface area contributed by atoms with Crippen molar-refractivity contribution in [2.75, 3.05) is 6.61 Å². The van der Waals surface area contributed by atoms with E-state index in [1.807, 2.05) is 6.07 Å². The van der Waals surface area contributed by atoms with Gasteiger partial charge in [-0.25, -0.2) is 10.5 Å². The van der Waals surface area contributed by atoms with E-state index in [0.717, 1.165) is 0 Å². The van der Waals surface area contributed by atoms with E-state index in [0.29, 0.717) is 6.21 Å². The second-order valence-electron chi connectivity index (χ2n) is 4.32. The quantitative estimate of drug-likeness (QED) is 0.180. The molecule has 10 heteroatoms. The largest absolute Gasteiger partial charge is 0.394 e. The fourth-order valence-corrected chi connectivity index (χ4v) is 1.71. The van der Waals surface area contributed by atoms with E-state index in [1.165, 1.54) is 6.92 Å². The van der Waals surface area contributed by atoms with Gasteiger partial charge in [0.25, 0.3) is 0 Å². The monoisotopic (exact) mass is 284 g/mol. The molecule has 1 fully saturated rings. The summed E-state index contributed by atoms with van der Waals surface area (Å²) in [5.41, 5.74) is 0.238. The Hall–Kier alpha value is -2.06. The lowest BCUT2D eigenvalue weighted by molar-refractivity contribution is -0.0197. The number of ether oxygens (including phenoxy) is 1. The van der Waals surface area contributed by atoms with Crippen molar-refractivity contribution in [1.82, 2.24) is 10.8 Å². The van der Waals surface area contributed by atoms with E-state index >= 15 is 0 Å². The molecule has 1 rings (SSSR count). The minimum atomic E-state index is -1.43. The highest BCUT2D eigenvalue weighted by Gasteiger charge is 2.54. The Bertz CT molecular complexity index is 461. The van der Waals surface area contributed by atoms with Gasteiger partial charge in [-0.1, -0.05) is 0 Å². The molecule has 1 heterocycles. The predicted octanol–water partition coefficient (Wildman–Crippen LogP) is -1.85. The van der Waals surface area contributed by atoms with Gasteiger partial charge in [-0.05, 0) is 6.92 Å². The van der Waals surface area contributed by atoms with Crippen molar-refractivity contribution in [3.8, 4) is 6.07 Å². The van der Waals surface area contributed by atoms with Crippen LogP contribution in [-0.4, -0.2) is 58.5 Å². The Kier molecular flexibility index (Phi) is 5.12. The highest BCUT2D eigenvalue weighted by atomic mass is 16.5. The fourth-order valence-electron chi connectivity index (χ4n) is 1.71. The molecule has 7 N–H and O–H groups in total. The van der Waals surface area contributed by atoms with Crippen molar-refractivity contribution in [2.45, 2.75) is 25.4 Å². The lowest BCUT2D eigenvalue weighted by Crippen LogP contribution is -2.43. The van der Waals surface area contributed by atoms with Crippen molar-refractivity contribution in [1.29, 1.82) is 16.1 Å². The van der Waals surface area contributed by atoms with Crippen LogP contribution in [0.15, 0.2) is 4.99 Å². The molecule has 10 nitrogen and oxygen atoms in total. The molecule has 0 unspecified atom stereocenters. The highest BCUT2D eigenvalue weighted by molar-refractivity contribution is 6.30. The second-order valence-corrected chi connectivity index (χ2v) is 4.32. The summed E-state index contributed by atoms with van der Waals surface area (Å²) in [7, 11) is 0. The lowest BCUT2D eigenvalue weighted by atomic mass is 9.84. The summed E-state index contributed by atoms with van der Waals surface area (Å²) in [5, 5.41) is 53.4. The normalized spacial score (nSPS) is 33.4. The zero-order chi connectivity index (χ0) is 15.3. The molecule has 1 aliphatic heterocycles. The molecule has 0 amide bonds. The number of aliphatic imine (C=N–C) groups is 1. The predicted molar refractivity (Wildman–Crippen MR) is 67.5 cm³/mol. The number of hydrogen-bond donors (Lipinski definition) is 7. The van der Waals surface area contributed by atoms with Gasteiger partial charge < -0.3 is 25.7 Å². The van der Waals surface area contributed by atoms with Crippen LogP contribution in [0.2, 0.25) is 0 Å². The fraction of sp³-hybridized carbons (Fsp3) is 0.600. The summed E-state index contributed by atoms with van der Waals surface area (Å²) >= 11 is 0. The van der Waals surface area contributed by atoms with Crippen LogP contribution in [0.4, 0.5) is 0 Å². The van der Waals surface area contributed by atoms with Crippen LogP contribution in [0.1, 0.15) is 6.92 Å². The van der Waals surface area contributed by atoms with E-state index in [-0.39, 0.29) is 11.8 Å². The third-order valence-electron chi connectivity index (χ3n) is 2.95. The summed E-state index contributed by atoms with van der Waals surface area (Å²) in [4.78, 5) is 3.84. The Labute approximate surface area is 114 Å². The van der Waals surface area contributed by atoms with E-state index in [2.05, 4.69) is 10.3 Å². The number of nitriles is 1. The first-order chi connectivity index (χ1) is 9.42. The van der Waals surface area contributed by atoms with Gasteiger partial charge in [0.2, 0.25) is 5.96 Å². The van der Waals surface area contributed by atoms with Crippen LogP contribution in [0, 0.1) is 27.6 Å². The number of nitrogens with one attached hydrogen (secondary N) is 4. The molecule has 0 bridgehead atoms. The summed E-state index contributed by atoms with van der Waals surface area (Å²) in [6.07, 6.45) is -2.72. The first-order valence-electron chi connectivity index (χ1n) is 5.62. The average molecular weight is 284 g/mol. The number of guanidine groups is 1. The van der Waals surface area contributed by atoms with Gasteiger partial charge in [-0.2, -0.15) is 5.26 Å². The summed E-state index contributed by atoms with van der Waals surface area (Å²) in [5.74, 6) is -0.683. The minimum absolute atomic E-state index is 0.323. The zero-order valence-electron chi connectivity index (χ0n) is 10.7. The number of hydroxylamine groups is 1. The second kappa shape index (κ2) is 6.40.